The van der Waals surface area contributed by atoms with Crippen molar-refractivity contribution in [1.82, 2.24) is 14.9 Å². The molecule has 1 saturated heterocycles. The molecule has 2 N–H and O–H groups in total. The lowest BCUT2D eigenvalue weighted by Crippen LogP contribution is -2.29. The Morgan fingerprint density at radius 1 is 1.43 bits per heavy atom. The summed E-state index contributed by atoms with van der Waals surface area (Å²) < 4.78 is 0. The summed E-state index contributed by atoms with van der Waals surface area (Å²) >= 11 is 0. The lowest BCUT2D eigenvalue weighted by molar-refractivity contribution is 0.0788. The maximum Gasteiger partial charge on any atom is 0.274 e. The molecule has 1 aromatic heterocycles. The van der Waals surface area contributed by atoms with Crippen LogP contribution in [0.1, 0.15) is 23.3 Å². The molecule has 0 unspecified atom stereocenters. The van der Waals surface area contributed by atoms with E-state index in [0.717, 1.165) is 25.9 Å². The molecule has 0 saturated carbocycles. The first-order chi connectivity index (χ1) is 6.79. The van der Waals surface area contributed by atoms with Crippen molar-refractivity contribution in [2.45, 2.75) is 12.8 Å². The van der Waals surface area contributed by atoms with Crippen LogP contribution in [0.4, 0.5) is 5.69 Å². The number of hydrogen-bond acceptors (Lipinski definition) is 4. The third-order valence-electron chi connectivity index (χ3n) is 2.34. The Morgan fingerprint density at radius 3 is 2.79 bits per heavy atom. The Balaban J connectivity index is 2.22. The number of carbonyl (C=O) groups is 1. The fourth-order valence-corrected chi connectivity index (χ4v) is 1.59. The Kier molecular flexibility index (Phi) is 2.30. The van der Waals surface area contributed by atoms with Crippen LogP contribution in [0.25, 0.3) is 0 Å². The van der Waals surface area contributed by atoms with Crippen LogP contribution >= 0.6 is 0 Å². The zero-order chi connectivity index (χ0) is 9.97. The summed E-state index contributed by atoms with van der Waals surface area (Å²) in [5.41, 5.74) is 6.29. The molecule has 0 bridgehead atoms. The number of carbonyl (C=O) groups excluding carboxylic acids is 1. The van der Waals surface area contributed by atoms with E-state index in [2.05, 4.69) is 9.97 Å². The number of hydrogen-bond donors (Lipinski definition) is 1. The quantitative estimate of drug-likeness (QED) is 0.694. The van der Waals surface area contributed by atoms with E-state index in [1.54, 1.807) is 4.90 Å². The first-order valence-corrected chi connectivity index (χ1v) is 4.64. The number of amides is 1. The van der Waals surface area contributed by atoms with E-state index in [1.807, 2.05) is 0 Å². The van der Waals surface area contributed by atoms with Gasteiger partial charge >= 0.3 is 0 Å². The maximum absolute atomic E-state index is 11.8. The minimum Gasteiger partial charge on any atom is -0.396 e. The van der Waals surface area contributed by atoms with Gasteiger partial charge in [0.2, 0.25) is 0 Å². The van der Waals surface area contributed by atoms with Gasteiger partial charge in [0, 0.05) is 13.1 Å². The van der Waals surface area contributed by atoms with Crippen molar-refractivity contribution in [2.75, 3.05) is 18.8 Å². The largest absolute Gasteiger partial charge is 0.396 e. The summed E-state index contributed by atoms with van der Waals surface area (Å²) in [6, 6.07) is 0. The molecule has 5 heteroatoms. The zero-order valence-electron chi connectivity index (χ0n) is 7.81. The molecule has 1 fully saturated rings. The molecule has 5 nitrogen and oxygen atoms in total. The number of nitrogens with zero attached hydrogens (tertiary/aromatic N) is 3. The highest BCUT2D eigenvalue weighted by molar-refractivity contribution is 5.96. The van der Waals surface area contributed by atoms with Crippen LogP contribution in [0.3, 0.4) is 0 Å². The van der Waals surface area contributed by atoms with E-state index in [1.165, 1.54) is 12.5 Å². The molecule has 1 aliphatic heterocycles. The van der Waals surface area contributed by atoms with E-state index in [4.69, 9.17) is 5.73 Å². The number of aromatic nitrogens is 2. The van der Waals surface area contributed by atoms with Gasteiger partial charge in [-0.05, 0) is 12.8 Å². The van der Waals surface area contributed by atoms with Gasteiger partial charge < -0.3 is 10.6 Å². The normalized spacial score (nSPS) is 15.9. The van der Waals surface area contributed by atoms with E-state index < -0.39 is 0 Å². The van der Waals surface area contributed by atoms with Crippen LogP contribution in [0.15, 0.2) is 12.5 Å². The average molecular weight is 192 g/mol. The second-order valence-electron chi connectivity index (χ2n) is 3.33. The van der Waals surface area contributed by atoms with Crippen molar-refractivity contribution in [3.8, 4) is 0 Å². The van der Waals surface area contributed by atoms with Gasteiger partial charge in [-0.2, -0.15) is 0 Å². The molecule has 74 valence electrons. The SMILES string of the molecule is Nc1cncnc1C(=O)N1CCCC1. The molecular formula is C9H12N4O. The first-order valence-electron chi connectivity index (χ1n) is 4.64. The molecule has 1 aliphatic rings. The van der Waals surface area contributed by atoms with Crippen LogP contribution in [-0.2, 0) is 0 Å². The zero-order valence-corrected chi connectivity index (χ0v) is 7.81. The summed E-state index contributed by atoms with van der Waals surface area (Å²) in [5.74, 6) is -0.0811. The van der Waals surface area contributed by atoms with E-state index >= 15 is 0 Å². The van der Waals surface area contributed by atoms with Crippen LogP contribution < -0.4 is 5.73 Å². The monoisotopic (exact) mass is 192 g/mol. The lowest BCUT2D eigenvalue weighted by atomic mass is 10.3. The smallest absolute Gasteiger partial charge is 0.274 e. The lowest BCUT2D eigenvalue weighted by Gasteiger charge is -2.14. The molecular weight excluding hydrogens is 180 g/mol. The predicted octanol–water partition coefficient (Wildman–Crippen LogP) is 0.295. The van der Waals surface area contributed by atoms with Crippen molar-refractivity contribution in [2.24, 2.45) is 0 Å². The van der Waals surface area contributed by atoms with Crippen molar-refractivity contribution in [1.29, 1.82) is 0 Å². The first kappa shape index (κ1) is 8.93. The minimum absolute atomic E-state index is 0.0811. The predicted molar refractivity (Wildman–Crippen MR) is 51.6 cm³/mol. The molecule has 1 aromatic rings. The summed E-state index contributed by atoms with van der Waals surface area (Å²) in [4.78, 5) is 21.2. The maximum atomic E-state index is 11.8. The molecule has 2 heterocycles. The van der Waals surface area contributed by atoms with Crippen LogP contribution in [-0.4, -0.2) is 33.9 Å². The van der Waals surface area contributed by atoms with Gasteiger partial charge in [-0.25, -0.2) is 9.97 Å². The number of anilines is 1. The Bertz CT molecular complexity index is 346. The van der Waals surface area contributed by atoms with Gasteiger partial charge in [0.15, 0.2) is 5.69 Å². The molecule has 0 atom stereocenters. The van der Waals surface area contributed by atoms with E-state index in [-0.39, 0.29) is 5.91 Å². The van der Waals surface area contributed by atoms with Crippen molar-refractivity contribution in [3.05, 3.63) is 18.2 Å². The molecule has 2 rings (SSSR count). The van der Waals surface area contributed by atoms with Crippen LogP contribution in [0, 0.1) is 0 Å². The topological polar surface area (TPSA) is 72.1 Å². The summed E-state index contributed by atoms with van der Waals surface area (Å²) in [6.45, 7) is 1.62. The van der Waals surface area contributed by atoms with Crippen molar-refractivity contribution in [3.63, 3.8) is 0 Å². The average Bonchev–Trinajstić information content (AvgIpc) is 2.70. The molecule has 0 radical (unpaired) electrons. The molecule has 14 heavy (non-hydrogen) atoms. The molecule has 0 spiro atoms. The third-order valence-corrected chi connectivity index (χ3v) is 2.34. The van der Waals surface area contributed by atoms with Gasteiger partial charge in [-0.3, -0.25) is 4.79 Å². The number of nitrogen functional groups attached to an aromatic ring is 1. The van der Waals surface area contributed by atoms with Crippen molar-refractivity contribution >= 4 is 11.6 Å². The van der Waals surface area contributed by atoms with Gasteiger partial charge in [-0.15, -0.1) is 0 Å². The van der Waals surface area contributed by atoms with Gasteiger partial charge in [-0.1, -0.05) is 0 Å². The van der Waals surface area contributed by atoms with Gasteiger partial charge in [0.05, 0.1) is 11.9 Å². The second-order valence-corrected chi connectivity index (χ2v) is 3.33. The van der Waals surface area contributed by atoms with Crippen LogP contribution in [0.5, 0.6) is 0 Å². The van der Waals surface area contributed by atoms with Crippen LogP contribution in [0.2, 0.25) is 0 Å². The summed E-state index contributed by atoms with van der Waals surface area (Å²) in [7, 11) is 0. The van der Waals surface area contributed by atoms with E-state index in [0.29, 0.717) is 11.4 Å². The second kappa shape index (κ2) is 3.61. The number of nitrogens with two attached hydrogens (primary N) is 1. The van der Waals surface area contributed by atoms with Crippen molar-refractivity contribution < 1.29 is 4.79 Å². The number of rotatable bonds is 1. The highest BCUT2D eigenvalue weighted by Crippen LogP contribution is 2.14. The summed E-state index contributed by atoms with van der Waals surface area (Å²) in [6.07, 6.45) is 4.93. The minimum atomic E-state index is -0.0811. The van der Waals surface area contributed by atoms with E-state index in [9.17, 15) is 4.79 Å². The standard InChI is InChI=1S/C9H12N4O/c10-7-5-11-6-12-8(7)9(14)13-3-1-2-4-13/h5-6H,1-4,10H2. The highest BCUT2D eigenvalue weighted by Gasteiger charge is 2.22. The Labute approximate surface area is 82.0 Å². The summed E-state index contributed by atoms with van der Waals surface area (Å²) in [5, 5.41) is 0. The highest BCUT2D eigenvalue weighted by atomic mass is 16.2. The fraction of sp³-hybridized carbons (Fsp3) is 0.444. The van der Waals surface area contributed by atoms with Gasteiger partial charge in [0.25, 0.3) is 5.91 Å². The number of likely N-dealkylation sites (tertiary alicyclic amines) is 1. The Hall–Kier alpha value is -1.65. The molecule has 0 aliphatic carbocycles. The molecule has 0 aromatic carbocycles. The molecule has 1 amide bonds. The Morgan fingerprint density at radius 2 is 2.14 bits per heavy atom. The fourth-order valence-electron chi connectivity index (χ4n) is 1.59. The third kappa shape index (κ3) is 1.53. The van der Waals surface area contributed by atoms with Gasteiger partial charge in [0.1, 0.15) is 6.33 Å².